The Kier molecular flexibility index (Phi) is 9.74. The van der Waals surface area contributed by atoms with Crippen LogP contribution < -0.4 is 14.2 Å². The summed E-state index contributed by atoms with van der Waals surface area (Å²) in [5.41, 5.74) is 6.03. The molecule has 0 saturated heterocycles. The number of benzene rings is 4. The Hall–Kier alpha value is -5.93. The molecule has 0 bridgehead atoms. The number of ether oxygens (including phenoxy) is 3. The van der Waals surface area contributed by atoms with Gasteiger partial charge in [0.2, 0.25) is 0 Å². The Bertz CT molecular complexity index is 1830. The fourth-order valence-electron chi connectivity index (χ4n) is 3.77. The first-order valence-electron chi connectivity index (χ1n) is 13.6. The fourth-order valence-corrected chi connectivity index (χ4v) is 3.77. The van der Waals surface area contributed by atoms with E-state index in [2.05, 4.69) is 31.6 Å². The molecule has 0 aliphatic rings. The third kappa shape index (κ3) is 8.09. The van der Waals surface area contributed by atoms with E-state index < -0.39 is 17.9 Å². The minimum atomic E-state index is -0.632. The standard InChI is InChI=1S/C38H30O6/c1-24(2)36(39)42-33-20-17-30(18-21-33)29-13-9-27(10-14-29)7-8-28-11-15-31(16-12-28)32-19-22-34(43-37(40)25(3)4)35(23-32)44-38(41)26(5)6/h9-23H,1,3,5H2,2,4,6H3. The molecule has 0 radical (unpaired) electrons. The van der Waals surface area contributed by atoms with Crippen molar-refractivity contribution in [2.24, 2.45) is 0 Å². The van der Waals surface area contributed by atoms with E-state index in [9.17, 15) is 14.4 Å². The van der Waals surface area contributed by atoms with Crippen LogP contribution in [0, 0.1) is 11.8 Å². The second-order valence-electron chi connectivity index (χ2n) is 10.1. The van der Waals surface area contributed by atoms with Gasteiger partial charge >= 0.3 is 17.9 Å². The lowest BCUT2D eigenvalue weighted by Gasteiger charge is -2.12. The van der Waals surface area contributed by atoms with E-state index in [0.29, 0.717) is 11.3 Å². The Morgan fingerprint density at radius 2 is 0.841 bits per heavy atom. The summed E-state index contributed by atoms with van der Waals surface area (Å²) in [5.74, 6) is 5.30. The summed E-state index contributed by atoms with van der Waals surface area (Å²) in [6.07, 6.45) is 0. The summed E-state index contributed by atoms with van der Waals surface area (Å²) in [7, 11) is 0. The van der Waals surface area contributed by atoms with Crippen molar-refractivity contribution in [2.75, 3.05) is 0 Å². The van der Waals surface area contributed by atoms with E-state index in [0.717, 1.165) is 33.4 Å². The highest BCUT2D eigenvalue weighted by molar-refractivity contribution is 5.91. The molecule has 0 aliphatic heterocycles. The molecule has 0 aromatic heterocycles. The van der Waals surface area contributed by atoms with Crippen molar-refractivity contribution in [3.8, 4) is 51.3 Å². The lowest BCUT2D eigenvalue weighted by molar-refractivity contribution is -0.132. The molecule has 0 N–H and O–H groups in total. The van der Waals surface area contributed by atoms with Gasteiger partial charge in [0.05, 0.1) is 0 Å². The summed E-state index contributed by atoms with van der Waals surface area (Å²) in [6, 6.07) is 27.7. The molecule has 4 aromatic rings. The highest BCUT2D eigenvalue weighted by Gasteiger charge is 2.16. The van der Waals surface area contributed by atoms with E-state index in [1.807, 2.05) is 60.7 Å². The molecule has 0 amide bonds. The van der Waals surface area contributed by atoms with E-state index in [4.69, 9.17) is 14.2 Å². The first-order chi connectivity index (χ1) is 21.0. The van der Waals surface area contributed by atoms with Crippen LogP contribution in [0.15, 0.2) is 127 Å². The number of hydrogen-bond acceptors (Lipinski definition) is 6. The summed E-state index contributed by atoms with van der Waals surface area (Å²) >= 11 is 0. The number of carbonyl (C=O) groups excluding carboxylic acids is 3. The highest BCUT2D eigenvalue weighted by Crippen LogP contribution is 2.34. The minimum Gasteiger partial charge on any atom is -0.423 e. The zero-order valence-corrected chi connectivity index (χ0v) is 24.7. The van der Waals surface area contributed by atoms with Gasteiger partial charge in [0.1, 0.15) is 5.75 Å². The van der Waals surface area contributed by atoms with Crippen molar-refractivity contribution in [2.45, 2.75) is 20.8 Å². The molecule has 4 aromatic carbocycles. The number of carbonyl (C=O) groups is 3. The highest BCUT2D eigenvalue weighted by atomic mass is 16.6. The Morgan fingerprint density at radius 1 is 0.477 bits per heavy atom. The van der Waals surface area contributed by atoms with Gasteiger partial charge < -0.3 is 14.2 Å². The van der Waals surface area contributed by atoms with Crippen LogP contribution in [0.1, 0.15) is 31.9 Å². The molecule has 0 spiro atoms. The summed E-state index contributed by atoms with van der Waals surface area (Å²) < 4.78 is 16.0. The van der Waals surface area contributed by atoms with Crippen LogP contribution >= 0.6 is 0 Å². The average Bonchev–Trinajstić information content (AvgIpc) is 3.01. The molecule has 4 rings (SSSR count). The first kappa shape index (κ1) is 31.0. The Balaban J connectivity index is 1.47. The molecule has 0 saturated carbocycles. The van der Waals surface area contributed by atoms with Crippen LogP contribution in [0.4, 0.5) is 0 Å². The third-order valence-electron chi connectivity index (χ3n) is 6.25. The van der Waals surface area contributed by atoms with E-state index >= 15 is 0 Å². The maximum atomic E-state index is 12.2. The molecule has 6 nitrogen and oxygen atoms in total. The number of hydrogen-bond donors (Lipinski definition) is 0. The van der Waals surface area contributed by atoms with E-state index in [1.54, 1.807) is 37.3 Å². The smallest absolute Gasteiger partial charge is 0.338 e. The molecule has 0 unspecified atom stereocenters. The van der Waals surface area contributed by atoms with Crippen LogP contribution in [-0.4, -0.2) is 17.9 Å². The Morgan fingerprint density at radius 3 is 1.30 bits per heavy atom. The molecule has 0 fully saturated rings. The predicted molar refractivity (Wildman–Crippen MR) is 171 cm³/mol. The lowest BCUT2D eigenvalue weighted by atomic mass is 10.0. The molecular formula is C38H30O6. The van der Waals surface area contributed by atoms with Gasteiger partial charge in [0.25, 0.3) is 0 Å². The summed E-state index contributed by atoms with van der Waals surface area (Å²) in [4.78, 5) is 36.0. The molecule has 0 aliphatic carbocycles. The van der Waals surface area contributed by atoms with Crippen molar-refractivity contribution < 1.29 is 28.6 Å². The van der Waals surface area contributed by atoms with Gasteiger partial charge in [-0.15, -0.1) is 0 Å². The monoisotopic (exact) mass is 582 g/mol. The largest absolute Gasteiger partial charge is 0.423 e. The minimum absolute atomic E-state index is 0.0968. The fraction of sp³-hybridized carbons (Fsp3) is 0.0789. The van der Waals surface area contributed by atoms with Crippen molar-refractivity contribution in [1.29, 1.82) is 0 Å². The maximum absolute atomic E-state index is 12.2. The first-order valence-corrected chi connectivity index (χ1v) is 13.6. The molecule has 0 atom stereocenters. The molecule has 6 heteroatoms. The van der Waals surface area contributed by atoms with Gasteiger partial charge in [-0.05, 0) is 91.6 Å². The van der Waals surface area contributed by atoms with Crippen molar-refractivity contribution >= 4 is 17.9 Å². The van der Waals surface area contributed by atoms with Crippen molar-refractivity contribution in [1.82, 2.24) is 0 Å². The molecule has 218 valence electrons. The van der Waals surface area contributed by atoms with Crippen LogP contribution in [-0.2, 0) is 14.4 Å². The summed E-state index contributed by atoms with van der Waals surface area (Å²) in [5, 5.41) is 0. The van der Waals surface area contributed by atoms with Gasteiger partial charge in [-0.3, -0.25) is 0 Å². The average molecular weight is 583 g/mol. The van der Waals surface area contributed by atoms with E-state index in [1.165, 1.54) is 13.8 Å². The summed E-state index contributed by atoms with van der Waals surface area (Å²) in [6.45, 7) is 15.5. The van der Waals surface area contributed by atoms with Crippen LogP contribution in [0.5, 0.6) is 17.2 Å². The van der Waals surface area contributed by atoms with Crippen LogP contribution in [0.3, 0.4) is 0 Å². The zero-order valence-electron chi connectivity index (χ0n) is 24.7. The topological polar surface area (TPSA) is 78.9 Å². The van der Waals surface area contributed by atoms with Crippen LogP contribution in [0.2, 0.25) is 0 Å². The van der Waals surface area contributed by atoms with Gasteiger partial charge in [-0.25, -0.2) is 14.4 Å². The van der Waals surface area contributed by atoms with Gasteiger partial charge in [-0.2, -0.15) is 0 Å². The van der Waals surface area contributed by atoms with Crippen LogP contribution in [0.25, 0.3) is 22.3 Å². The number of esters is 3. The Labute approximate surface area is 256 Å². The normalized spacial score (nSPS) is 10.1. The zero-order chi connectivity index (χ0) is 31.8. The second kappa shape index (κ2) is 13.8. The third-order valence-corrected chi connectivity index (χ3v) is 6.25. The number of rotatable bonds is 8. The predicted octanol–water partition coefficient (Wildman–Crippen LogP) is 7.86. The van der Waals surface area contributed by atoms with Crippen molar-refractivity contribution in [3.05, 3.63) is 139 Å². The molecule has 44 heavy (non-hydrogen) atoms. The molecule has 0 heterocycles. The second-order valence-corrected chi connectivity index (χ2v) is 10.1. The molecular weight excluding hydrogens is 552 g/mol. The van der Waals surface area contributed by atoms with E-state index in [-0.39, 0.29) is 22.6 Å². The maximum Gasteiger partial charge on any atom is 0.338 e. The van der Waals surface area contributed by atoms with Crippen molar-refractivity contribution in [3.63, 3.8) is 0 Å². The quantitative estimate of drug-likeness (QED) is 0.0911. The lowest BCUT2D eigenvalue weighted by Crippen LogP contribution is -2.12. The van der Waals surface area contributed by atoms with Gasteiger partial charge in [-0.1, -0.05) is 74.0 Å². The SMILES string of the molecule is C=C(C)C(=O)Oc1ccc(-c2ccc(C#Cc3ccc(-c4ccc(OC(=O)C(=C)C)c(OC(=O)C(=C)C)c4)cc3)cc2)cc1. The van der Waals surface area contributed by atoms with Gasteiger partial charge in [0, 0.05) is 27.8 Å². The van der Waals surface area contributed by atoms with Gasteiger partial charge in [0.15, 0.2) is 11.5 Å².